The lowest BCUT2D eigenvalue weighted by Crippen LogP contribution is -2.46. The third-order valence-corrected chi connectivity index (χ3v) is 6.87. The first-order valence-corrected chi connectivity index (χ1v) is 8.45. The third kappa shape index (κ3) is 3.20. The van der Waals surface area contributed by atoms with Crippen LogP contribution in [0.4, 0.5) is 0 Å². The van der Waals surface area contributed by atoms with Crippen LogP contribution in [0.2, 0.25) is 10.0 Å². The van der Waals surface area contributed by atoms with Crippen molar-refractivity contribution >= 4 is 49.2 Å². The zero-order valence-corrected chi connectivity index (χ0v) is 14.2. The molecule has 102 valence electrons. The second-order valence-corrected chi connectivity index (χ2v) is 7.84. The lowest BCUT2D eigenvalue weighted by molar-refractivity contribution is 0.299. The van der Waals surface area contributed by atoms with Gasteiger partial charge in [0, 0.05) is 22.9 Å². The second kappa shape index (κ2) is 5.67. The average molecular weight is 375 g/mol. The van der Waals surface area contributed by atoms with E-state index in [0.717, 1.165) is 0 Å². The zero-order valence-electron chi connectivity index (χ0n) is 10.2. The van der Waals surface area contributed by atoms with Crippen molar-refractivity contribution in [1.29, 1.82) is 0 Å². The predicted octanol–water partition coefficient (Wildman–Crippen LogP) is 3.79. The van der Waals surface area contributed by atoms with Crippen molar-refractivity contribution in [2.75, 3.05) is 12.4 Å². The van der Waals surface area contributed by atoms with Crippen molar-refractivity contribution in [2.24, 2.45) is 0 Å². The monoisotopic (exact) mass is 373 g/mol. The summed E-state index contributed by atoms with van der Waals surface area (Å²) >= 11 is 15.1. The minimum absolute atomic E-state index is 0.0215. The number of rotatable bonds is 4. The predicted molar refractivity (Wildman–Crippen MR) is 79.3 cm³/mol. The van der Waals surface area contributed by atoms with Crippen molar-refractivity contribution in [3.63, 3.8) is 0 Å². The van der Waals surface area contributed by atoms with Crippen molar-refractivity contribution in [3.05, 3.63) is 28.2 Å². The maximum atomic E-state index is 12.5. The number of hydrogen-bond acceptors (Lipinski definition) is 2. The molecule has 0 fully saturated rings. The Labute approximate surface area is 126 Å². The molecule has 18 heavy (non-hydrogen) atoms. The first kappa shape index (κ1) is 16.2. The summed E-state index contributed by atoms with van der Waals surface area (Å²) in [5.41, 5.74) is -0.565. The summed E-state index contributed by atoms with van der Waals surface area (Å²) in [6, 6.07) is 4.39. The van der Waals surface area contributed by atoms with E-state index >= 15 is 0 Å². The van der Waals surface area contributed by atoms with Gasteiger partial charge in [0.2, 0.25) is 10.0 Å². The Morgan fingerprint density at radius 1 is 1.33 bits per heavy atom. The lowest BCUT2D eigenvalue weighted by atomic mass is 10.1. The highest BCUT2D eigenvalue weighted by Gasteiger charge is 2.34. The van der Waals surface area contributed by atoms with E-state index in [1.807, 2.05) is 13.8 Å². The molecule has 0 amide bonds. The van der Waals surface area contributed by atoms with Gasteiger partial charge in [0.05, 0.1) is 5.02 Å². The summed E-state index contributed by atoms with van der Waals surface area (Å²) in [6.45, 7) is 3.63. The molecule has 0 heterocycles. The Balaban J connectivity index is 3.34. The van der Waals surface area contributed by atoms with E-state index in [1.54, 1.807) is 6.07 Å². The van der Waals surface area contributed by atoms with E-state index in [9.17, 15) is 8.42 Å². The smallest absolute Gasteiger partial charge is 0.207 e. The summed E-state index contributed by atoms with van der Waals surface area (Å²) in [6.07, 6.45) is 0. The maximum absolute atomic E-state index is 12.5. The van der Waals surface area contributed by atoms with Gasteiger partial charge in [-0.2, -0.15) is 4.31 Å². The quantitative estimate of drug-likeness (QED) is 0.752. The normalized spacial score (nSPS) is 13.1. The molecule has 0 unspecified atom stereocenters. The number of halogens is 3. The fourth-order valence-corrected chi connectivity index (χ4v) is 4.02. The molecular weight excluding hydrogens is 361 g/mol. The number of benzene rings is 1. The molecule has 0 saturated heterocycles. The van der Waals surface area contributed by atoms with E-state index in [1.165, 1.54) is 23.5 Å². The van der Waals surface area contributed by atoms with Crippen molar-refractivity contribution in [2.45, 2.75) is 24.3 Å². The molecule has 1 aromatic rings. The average Bonchev–Trinajstić information content (AvgIpc) is 2.31. The zero-order chi connectivity index (χ0) is 14.1. The van der Waals surface area contributed by atoms with Crippen LogP contribution >= 0.6 is 39.1 Å². The molecule has 0 aromatic heterocycles. The Morgan fingerprint density at radius 3 is 2.39 bits per heavy atom. The van der Waals surface area contributed by atoms with Gasteiger partial charge < -0.3 is 0 Å². The Kier molecular flexibility index (Phi) is 5.12. The highest BCUT2D eigenvalue weighted by atomic mass is 79.9. The summed E-state index contributed by atoms with van der Waals surface area (Å²) in [5.74, 6) is 0. The molecular formula is C11H14BrCl2NO2S. The third-order valence-electron chi connectivity index (χ3n) is 2.71. The lowest BCUT2D eigenvalue weighted by Gasteiger charge is -2.33. The van der Waals surface area contributed by atoms with E-state index < -0.39 is 15.6 Å². The molecule has 0 aliphatic rings. The van der Waals surface area contributed by atoms with Gasteiger partial charge in [-0.1, -0.05) is 39.1 Å². The molecule has 7 heteroatoms. The van der Waals surface area contributed by atoms with Crippen molar-refractivity contribution < 1.29 is 8.42 Å². The fraction of sp³-hybridized carbons (Fsp3) is 0.455. The summed E-state index contributed by atoms with van der Waals surface area (Å²) < 4.78 is 26.2. The van der Waals surface area contributed by atoms with Gasteiger partial charge in [0.1, 0.15) is 4.90 Å². The van der Waals surface area contributed by atoms with E-state index in [4.69, 9.17) is 23.2 Å². The van der Waals surface area contributed by atoms with Crippen LogP contribution in [0.1, 0.15) is 13.8 Å². The van der Waals surface area contributed by atoms with Crippen LogP contribution in [0.3, 0.4) is 0 Å². The molecule has 0 radical (unpaired) electrons. The molecule has 3 nitrogen and oxygen atoms in total. The first-order valence-electron chi connectivity index (χ1n) is 5.13. The maximum Gasteiger partial charge on any atom is 0.244 e. The number of nitrogens with zero attached hydrogens (tertiary/aromatic N) is 1. The number of alkyl halides is 1. The SMILES string of the molecule is CN(C(C)(C)CBr)S(=O)(=O)c1cc(Cl)ccc1Cl. The van der Waals surface area contributed by atoms with E-state index in [-0.39, 0.29) is 9.92 Å². The van der Waals surface area contributed by atoms with Crippen LogP contribution in [0.15, 0.2) is 23.1 Å². The molecule has 0 atom stereocenters. The van der Waals surface area contributed by atoms with Gasteiger partial charge in [-0.3, -0.25) is 0 Å². The highest BCUT2D eigenvalue weighted by Crippen LogP contribution is 2.30. The van der Waals surface area contributed by atoms with Crippen molar-refractivity contribution in [1.82, 2.24) is 4.31 Å². The van der Waals surface area contributed by atoms with Crippen molar-refractivity contribution in [3.8, 4) is 0 Å². The molecule has 0 aliphatic heterocycles. The molecule has 0 bridgehead atoms. The van der Waals surface area contributed by atoms with Gasteiger partial charge in [-0.25, -0.2) is 8.42 Å². The first-order chi connectivity index (χ1) is 8.13. The Hall–Kier alpha value is 0.190. The van der Waals surface area contributed by atoms with Gasteiger partial charge in [-0.15, -0.1) is 0 Å². The Morgan fingerprint density at radius 2 is 1.89 bits per heavy atom. The second-order valence-electron chi connectivity index (χ2n) is 4.49. The van der Waals surface area contributed by atoms with Gasteiger partial charge in [0.25, 0.3) is 0 Å². The fourth-order valence-electron chi connectivity index (χ4n) is 1.23. The van der Waals surface area contributed by atoms with E-state index in [2.05, 4.69) is 15.9 Å². The van der Waals surface area contributed by atoms with E-state index in [0.29, 0.717) is 10.4 Å². The number of hydrogen-bond donors (Lipinski definition) is 0. The number of sulfonamides is 1. The minimum Gasteiger partial charge on any atom is -0.207 e. The van der Waals surface area contributed by atoms with Crippen LogP contribution in [-0.4, -0.2) is 30.6 Å². The largest absolute Gasteiger partial charge is 0.244 e. The Bertz CT molecular complexity index is 546. The molecule has 1 aromatic carbocycles. The van der Waals surface area contributed by atoms with Gasteiger partial charge >= 0.3 is 0 Å². The van der Waals surface area contributed by atoms with Crippen LogP contribution in [-0.2, 0) is 10.0 Å². The topological polar surface area (TPSA) is 37.4 Å². The van der Waals surface area contributed by atoms with Crippen LogP contribution < -0.4 is 0 Å². The summed E-state index contributed by atoms with van der Waals surface area (Å²) in [7, 11) is -2.15. The molecule has 0 aliphatic carbocycles. The molecule has 0 saturated carbocycles. The van der Waals surface area contributed by atoms with Gasteiger partial charge in [-0.05, 0) is 32.0 Å². The van der Waals surface area contributed by atoms with Crippen LogP contribution in [0.25, 0.3) is 0 Å². The standard InChI is InChI=1S/C11H14BrCl2NO2S/c1-11(2,7-12)15(3)18(16,17)10-6-8(13)4-5-9(10)14/h4-6H,7H2,1-3H3. The summed E-state index contributed by atoms with van der Waals surface area (Å²) in [4.78, 5) is 0.0215. The highest BCUT2D eigenvalue weighted by molar-refractivity contribution is 9.09. The summed E-state index contributed by atoms with van der Waals surface area (Å²) in [5, 5.41) is 1.01. The molecule has 1 rings (SSSR count). The molecule has 0 spiro atoms. The van der Waals surface area contributed by atoms with Gasteiger partial charge in [0.15, 0.2) is 0 Å². The molecule has 0 N–H and O–H groups in total. The van der Waals surface area contributed by atoms with Crippen LogP contribution in [0.5, 0.6) is 0 Å². The minimum atomic E-state index is -3.67. The van der Waals surface area contributed by atoms with Crippen LogP contribution in [0, 0.1) is 0 Å².